The van der Waals surface area contributed by atoms with Gasteiger partial charge in [-0.1, -0.05) is 0 Å². The van der Waals surface area contributed by atoms with E-state index in [0.717, 1.165) is 26.0 Å². The van der Waals surface area contributed by atoms with Crippen LogP contribution in [0.1, 0.15) is 13.8 Å². The molecule has 1 aliphatic rings. The second-order valence-electron chi connectivity index (χ2n) is 8.46. The van der Waals surface area contributed by atoms with Gasteiger partial charge in [0.1, 0.15) is 34.3 Å². The summed E-state index contributed by atoms with van der Waals surface area (Å²) in [5.74, 6) is -3.53. The monoisotopic (exact) mass is 532 g/mol. The number of rotatable bonds is 6. The molecule has 13 nitrogen and oxygen atoms in total. The largest absolute Gasteiger partial charge is 0.508 e. The van der Waals surface area contributed by atoms with E-state index in [1.165, 1.54) is 24.3 Å². The van der Waals surface area contributed by atoms with Crippen LogP contribution in [0.4, 0.5) is 0 Å². The highest BCUT2D eigenvalue weighted by molar-refractivity contribution is 5.88. The van der Waals surface area contributed by atoms with Gasteiger partial charge in [0.25, 0.3) is 0 Å². The van der Waals surface area contributed by atoms with Crippen LogP contribution in [0.2, 0.25) is 0 Å². The van der Waals surface area contributed by atoms with Gasteiger partial charge >= 0.3 is 11.9 Å². The first-order valence-corrected chi connectivity index (χ1v) is 11.3. The van der Waals surface area contributed by atoms with Gasteiger partial charge in [-0.05, 0) is 24.3 Å². The Morgan fingerprint density at radius 3 is 2.18 bits per heavy atom. The molecule has 5 unspecified atom stereocenters. The molecule has 202 valence electrons. The molecule has 3 aromatic rings. The van der Waals surface area contributed by atoms with Crippen molar-refractivity contribution in [2.75, 3.05) is 6.61 Å². The number of phenolic OH excluding ortho intramolecular Hbond substituents is 3. The van der Waals surface area contributed by atoms with Crippen LogP contribution in [0.3, 0.4) is 0 Å². The highest BCUT2D eigenvalue weighted by atomic mass is 16.7. The molecule has 2 heterocycles. The van der Waals surface area contributed by atoms with E-state index in [2.05, 4.69) is 0 Å². The summed E-state index contributed by atoms with van der Waals surface area (Å²) in [7, 11) is 0. The molecule has 0 bridgehead atoms. The van der Waals surface area contributed by atoms with E-state index in [9.17, 15) is 39.9 Å². The zero-order valence-corrected chi connectivity index (χ0v) is 20.1. The van der Waals surface area contributed by atoms with Crippen molar-refractivity contribution in [3.8, 4) is 34.3 Å². The van der Waals surface area contributed by atoms with E-state index < -0.39 is 66.2 Å². The van der Waals surface area contributed by atoms with Crippen LogP contribution in [0.25, 0.3) is 22.3 Å². The lowest BCUT2D eigenvalue weighted by molar-refractivity contribution is -0.284. The molecular weight excluding hydrogens is 508 g/mol. The van der Waals surface area contributed by atoms with Crippen LogP contribution < -0.4 is 10.2 Å². The second kappa shape index (κ2) is 10.6. The van der Waals surface area contributed by atoms with E-state index >= 15 is 0 Å². The molecule has 0 spiro atoms. The molecule has 5 atom stereocenters. The molecule has 4 rings (SSSR count). The molecular formula is C25H24O13. The van der Waals surface area contributed by atoms with Crippen molar-refractivity contribution in [3.05, 3.63) is 46.6 Å². The fourth-order valence-electron chi connectivity index (χ4n) is 4.09. The van der Waals surface area contributed by atoms with Gasteiger partial charge in [-0.2, -0.15) is 0 Å². The Morgan fingerprint density at radius 1 is 0.947 bits per heavy atom. The van der Waals surface area contributed by atoms with Gasteiger partial charge in [-0.15, -0.1) is 0 Å². The summed E-state index contributed by atoms with van der Waals surface area (Å²) in [4.78, 5) is 36.8. The minimum absolute atomic E-state index is 0.0906. The Morgan fingerprint density at radius 2 is 1.58 bits per heavy atom. The first kappa shape index (κ1) is 26.7. The Labute approximate surface area is 214 Å². The molecule has 1 aromatic heterocycles. The van der Waals surface area contributed by atoms with Gasteiger partial charge in [0.2, 0.25) is 17.5 Å². The highest BCUT2D eigenvalue weighted by Crippen LogP contribution is 2.38. The summed E-state index contributed by atoms with van der Waals surface area (Å²) >= 11 is 0. The molecule has 0 saturated carbocycles. The Hall–Kier alpha value is -4.33. The summed E-state index contributed by atoms with van der Waals surface area (Å²) < 4.78 is 27.4. The fourth-order valence-corrected chi connectivity index (χ4v) is 4.09. The molecule has 0 aliphatic carbocycles. The number of benzene rings is 2. The van der Waals surface area contributed by atoms with Gasteiger partial charge in [-0.25, -0.2) is 0 Å². The zero-order chi connectivity index (χ0) is 27.7. The summed E-state index contributed by atoms with van der Waals surface area (Å²) in [5, 5.41) is 50.3. The van der Waals surface area contributed by atoms with Crippen LogP contribution in [0, 0.1) is 0 Å². The minimum atomic E-state index is -1.83. The number of aliphatic hydroxyl groups excluding tert-OH is 2. The maximum absolute atomic E-state index is 13.5. The molecule has 2 aromatic carbocycles. The standard InChI is InChI=1S/C25H24O13/c1-10(27)34-22-17(9-26)37-25(20(33)24(22)35-11(2)28)38-23-19(32)18-15(31)7-14(30)8-16(18)36-21(23)12-3-5-13(29)6-4-12/h3-8,17,20,22,24-26,29-31,33H,9H2,1-2H3. The maximum atomic E-state index is 13.5. The number of aromatic hydroxyl groups is 3. The zero-order valence-electron chi connectivity index (χ0n) is 20.1. The number of fused-ring (bicyclic) bond motifs is 1. The summed E-state index contributed by atoms with van der Waals surface area (Å²) in [5.41, 5.74) is -0.902. The van der Waals surface area contributed by atoms with Gasteiger partial charge in [0.15, 0.2) is 24.1 Å². The van der Waals surface area contributed by atoms with Crippen molar-refractivity contribution >= 4 is 22.9 Å². The van der Waals surface area contributed by atoms with Crippen molar-refractivity contribution in [2.45, 2.75) is 44.6 Å². The number of carbonyl (C=O) groups is 2. The average Bonchev–Trinajstić information content (AvgIpc) is 2.84. The lowest BCUT2D eigenvalue weighted by Gasteiger charge is -2.42. The quantitative estimate of drug-likeness (QED) is 0.280. The normalized spacial score (nSPS) is 23.1. The Bertz CT molecular complexity index is 1410. The van der Waals surface area contributed by atoms with E-state index in [4.69, 9.17) is 23.4 Å². The predicted octanol–water partition coefficient (Wildman–Crippen LogP) is 0.897. The minimum Gasteiger partial charge on any atom is -0.508 e. The summed E-state index contributed by atoms with van der Waals surface area (Å²) in [6.07, 6.45) is -7.90. The van der Waals surface area contributed by atoms with Crippen LogP contribution in [0.5, 0.6) is 23.0 Å². The maximum Gasteiger partial charge on any atom is 0.303 e. The van der Waals surface area contributed by atoms with Crippen molar-refractivity contribution in [1.82, 2.24) is 0 Å². The smallest absolute Gasteiger partial charge is 0.303 e. The van der Waals surface area contributed by atoms with E-state index in [0.29, 0.717) is 0 Å². The lowest BCUT2D eigenvalue weighted by Crippen LogP contribution is -2.62. The number of aliphatic hydroxyl groups is 2. The highest BCUT2D eigenvalue weighted by Gasteiger charge is 2.50. The van der Waals surface area contributed by atoms with E-state index in [1.807, 2.05) is 0 Å². The first-order valence-electron chi connectivity index (χ1n) is 11.3. The fraction of sp³-hybridized carbons (Fsp3) is 0.320. The lowest BCUT2D eigenvalue weighted by atomic mass is 9.98. The van der Waals surface area contributed by atoms with Crippen LogP contribution >= 0.6 is 0 Å². The van der Waals surface area contributed by atoms with Crippen LogP contribution in [0.15, 0.2) is 45.6 Å². The SMILES string of the molecule is CC(=O)OC1C(CO)OC(Oc2c(-c3ccc(O)cc3)oc3cc(O)cc(O)c3c2=O)C(O)C1OC(C)=O. The Kier molecular flexibility index (Phi) is 7.44. The van der Waals surface area contributed by atoms with Crippen LogP contribution in [-0.2, 0) is 23.8 Å². The number of hydrogen-bond acceptors (Lipinski definition) is 13. The third-order valence-corrected chi connectivity index (χ3v) is 5.68. The number of esters is 2. The number of carbonyl (C=O) groups excluding carboxylic acids is 2. The second-order valence-corrected chi connectivity index (χ2v) is 8.46. The van der Waals surface area contributed by atoms with E-state index in [-0.39, 0.29) is 33.8 Å². The summed E-state index contributed by atoms with van der Waals surface area (Å²) in [6, 6.07) is 7.40. The van der Waals surface area contributed by atoms with Crippen LogP contribution in [-0.4, -0.2) is 74.8 Å². The molecule has 0 amide bonds. The molecule has 1 aliphatic heterocycles. The average molecular weight is 532 g/mol. The topological polar surface area (TPSA) is 202 Å². The molecule has 1 saturated heterocycles. The number of ether oxygens (including phenoxy) is 4. The molecule has 38 heavy (non-hydrogen) atoms. The molecule has 5 N–H and O–H groups in total. The van der Waals surface area contributed by atoms with E-state index in [1.54, 1.807) is 0 Å². The summed E-state index contributed by atoms with van der Waals surface area (Å²) in [6.45, 7) is 1.37. The van der Waals surface area contributed by atoms with Crippen molar-refractivity contribution in [1.29, 1.82) is 0 Å². The molecule has 13 heteroatoms. The van der Waals surface area contributed by atoms with Crippen molar-refractivity contribution in [3.63, 3.8) is 0 Å². The first-order chi connectivity index (χ1) is 18.0. The van der Waals surface area contributed by atoms with Gasteiger partial charge < -0.3 is 48.9 Å². The van der Waals surface area contributed by atoms with Gasteiger partial charge in [0, 0.05) is 31.5 Å². The molecule has 0 radical (unpaired) electrons. The predicted molar refractivity (Wildman–Crippen MR) is 126 cm³/mol. The van der Waals surface area contributed by atoms with Gasteiger partial charge in [0.05, 0.1) is 6.61 Å². The Balaban J connectivity index is 1.85. The molecule has 1 fully saturated rings. The third kappa shape index (κ3) is 5.20. The van der Waals surface area contributed by atoms with Crippen molar-refractivity contribution < 1.29 is 58.5 Å². The third-order valence-electron chi connectivity index (χ3n) is 5.68. The number of phenols is 3. The van der Waals surface area contributed by atoms with Gasteiger partial charge in [-0.3, -0.25) is 14.4 Å². The van der Waals surface area contributed by atoms with Crippen molar-refractivity contribution in [2.24, 2.45) is 0 Å². The number of hydrogen-bond donors (Lipinski definition) is 5.